The number of carbonyl (C=O) groups excluding carboxylic acids is 2. The molecule has 2 aliphatic heterocycles. The molecule has 0 radical (unpaired) electrons. The third-order valence-corrected chi connectivity index (χ3v) is 5.80. The number of aromatic nitrogens is 1. The number of hydrogen-bond acceptors (Lipinski definition) is 6. The maximum Gasteiger partial charge on any atom is 0.231 e. The summed E-state index contributed by atoms with van der Waals surface area (Å²) in [6.07, 6.45) is 1.67. The lowest BCUT2D eigenvalue weighted by molar-refractivity contribution is -0.142. The van der Waals surface area contributed by atoms with E-state index in [4.69, 9.17) is 4.74 Å². The predicted molar refractivity (Wildman–Crippen MR) is 106 cm³/mol. The predicted octanol–water partition coefficient (Wildman–Crippen LogP) is 2.20. The van der Waals surface area contributed by atoms with Crippen LogP contribution in [0.3, 0.4) is 0 Å². The van der Waals surface area contributed by atoms with Gasteiger partial charge in [0.1, 0.15) is 0 Å². The molecule has 8 heteroatoms. The molecular formula is C19H30N4O3S. The molecule has 2 amide bonds. The summed E-state index contributed by atoms with van der Waals surface area (Å²) in [6, 6.07) is 0. The molecule has 0 spiro atoms. The third kappa shape index (κ3) is 5.49. The Morgan fingerprint density at radius 3 is 2.74 bits per heavy atom. The number of nitrogens with one attached hydrogen (secondary N) is 1. The monoisotopic (exact) mass is 394 g/mol. The minimum atomic E-state index is -0.415. The molecule has 2 aliphatic rings. The fourth-order valence-electron chi connectivity index (χ4n) is 3.48. The molecule has 0 saturated carbocycles. The topological polar surface area (TPSA) is 74.8 Å². The fourth-order valence-corrected chi connectivity index (χ4v) is 4.19. The van der Waals surface area contributed by atoms with Crippen LogP contribution in [0.25, 0.3) is 0 Å². The van der Waals surface area contributed by atoms with Gasteiger partial charge in [0.05, 0.1) is 24.8 Å². The number of carbonyl (C=O) groups is 2. The molecule has 2 fully saturated rings. The molecular weight excluding hydrogens is 364 g/mol. The maximum atomic E-state index is 12.7. The van der Waals surface area contributed by atoms with Crippen molar-refractivity contribution in [2.45, 2.75) is 40.2 Å². The zero-order valence-corrected chi connectivity index (χ0v) is 17.3. The van der Waals surface area contributed by atoms with E-state index in [1.807, 2.05) is 31.1 Å². The molecule has 1 aromatic heterocycles. The fraction of sp³-hybridized carbons (Fsp3) is 0.737. The number of ether oxygens (including phenoxy) is 1. The molecule has 2 saturated heterocycles. The smallest absolute Gasteiger partial charge is 0.231 e. The number of morpholine rings is 1. The zero-order chi connectivity index (χ0) is 19.4. The summed E-state index contributed by atoms with van der Waals surface area (Å²) in [4.78, 5) is 33.9. The minimum Gasteiger partial charge on any atom is -0.379 e. The van der Waals surface area contributed by atoms with E-state index in [9.17, 15) is 9.59 Å². The average Bonchev–Trinajstić information content (AvgIpc) is 3.08. The summed E-state index contributed by atoms with van der Waals surface area (Å²) in [5.74, 6) is -0.0904. The minimum absolute atomic E-state index is 0.0336. The lowest BCUT2D eigenvalue weighted by Gasteiger charge is -2.35. The highest BCUT2D eigenvalue weighted by Gasteiger charge is 2.33. The SMILES string of the molecule is CC(C)(C)C(=O)N1CCCC(C(=O)Nc2nc(CN3CCOCC3)cs2)C1. The molecule has 150 valence electrons. The van der Waals surface area contributed by atoms with E-state index in [1.54, 1.807) is 0 Å². The van der Waals surface area contributed by atoms with Gasteiger partial charge in [-0.25, -0.2) is 4.98 Å². The van der Waals surface area contributed by atoms with Gasteiger partial charge in [-0.3, -0.25) is 14.5 Å². The van der Waals surface area contributed by atoms with Crippen LogP contribution < -0.4 is 5.32 Å². The number of hydrogen-bond donors (Lipinski definition) is 1. The van der Waals surface area contributed by atoms with Crippen molar-refractivity contribution in [1.29, 1.82) is 0 Å². The van der Waals surface area contributed by atoms with Gasteiger partial charge >= 0.3 is 0 Å². The van der Waals surface area contributed by atoms with Crippen molar-refractivity contribution in [3.63, 3.8) is 0 Å². The first kappa shape index (κ1) is 20.2. The van der Waals surface area contributed by atoms with Crippen LogP contribution >= 0.6 is 11.3 Å². The largest absolute Gasteiger partial charge is 0.379 e. The van der Waals surface area contributed by atoms with Crippen molar-refractivity contribution in [1.82, 2.24) is 14.8 Å². The van der Waals surface area contributed by atoms with Gasteiger partial charge in [0.2, 0.25) is 11.8 Å². The van der Waals surface area contributed by atoms with Crippen molar-refractivity contribution < 1.29 is 14.3 Å². The number of piperidine rings is 1. The molecule has 1 atom stereocenters. The summed E-state index contributed by atoms with van der Waals surface area (Å²) >= 11 is 1.46. The normalized spacial score (nSPS) is 21.9. The number of nitrogens with zero attached hydrogens (tertiary/aromatic N) is 3. The molecule has 0 aromatic carbocycles. The van der Waals surface area contributed by atoms with Crippen molar-refractivity contribution in [3.8, 4) is 0 Å². The maximum absolute atomic E-state index is 12.7. The highest BCUT2D eigenvalue weighted by molar-refractivity contribution is 7.13. The van der Waals surface area contributed by atoms with Crippen molar-refractivity contribution in [2.24, 2.45) is 11.3 Å². The quantitative estimate of drug-likeness (QED) is 0.847. The van der Waals surface area contributed by atoms with Gasteiger partial charge in [-0.1, -0.05) is 20.8 Å². The molecule has 1 unspecified atom stereocenters. The molecule has 0 aliphatic carbocycles. The van der Waals surface area contributed by atoms with Gasteiger partial charge < -0.3 is 15.0 Å². The van der Waals surface area contributed by atoms with Crippen molar-refractivity contribution >= 4 is 28.3 Å². The standard InChI is InChI=1S/C19H30N4O3S/c1-19(2,3)17(25)23-6-4-5-14(11-23)16(24)21-18-20-15(13-27-18)12-22-7-9-26-10-8-22/h13-14H,4-12H2,1-3H3,(H,20,21,24). The zero-order valence-electron chi connectivity index (χ0n) is 16.5. The van der Waals surface area contributed by atoms with E-state index in [1.165, 1.54) is 11.3 Å². The molecule has 0 bridgehead atoms. The van der Waals surface area contributed by atoms with Crippen LogP contribution in [0.5, 0.6) is 0 Å². The van der Waals surface area contributed by atoms with Crippen LogP contribution in [-0.2, 0) is 20.9 Å². The van der Waals surface area contributed by atoms with Gasteiger partial charge in [-0.05, 0) is 12.8 Å². The van der Waals surface area contributed by atoms with Gasteiger partial charge in [0, 0.05) is 43.5 Å². The third-order valence-electron chi connectivity index (χ3n) is 4.99. The van der Waals surface area contributed by atoms with Crippen LogP contribution in [0.15, 0.2) is 5.38 Å². The number of rotatable bonds is 4. The molecule has 1 aromatic rings. The Morgan fingerprint density at radius 2 is 2.04 bits per heavy atom. The summed E-state index contributed by atoms with van der Waals surface area (Å²) in [5.41, 5.74) is 0.563. The lowest BCUT2D eigenvalue weighted by Crippen LogP contribution is -2.47. The summed E-state index contributed by atoms with van der Waals surface area (Å²) < 4.78 is 5.36. The molecule has 3 heterocycles. The Labute approximate surface area is 165 Å². The number of thiazole rings is 1. The second kappa shape index (κ2) is 8.67. The Kier molecular flexibility index (Phi) is 6.49. The molecule has 27 heavy (non-hydrogen) atoms. The van der Waals surface area contributed by atoms with E-state index in [-0.39, 0.29) is 17.7 Å². The van der Waals surface area contributed by atoms with E-state index in [2.05, 4.69) is 15.2 Å². The first-order valence-electron chi connectivity index (χ1n) is 9.67. The molecule has 3 rings (SSSR count). The lowest BCUT2D eigenvalue weighted by atomic mass is 9.91. The second-order valence-electron chi connectivity index (χ2n) is 8.36. The van der Waals surface area contributed by atoms with Crippen LogP contribution in [0.4, 0.5) is 5.13 Å². The van der Waals surface area contributed by atoms with E-state index >= 15 is 0 Å². The van der Waals surface area contributed by atoms with Gasteiger partial charge in [-0.15, -0.1) is 11.3 Å². The summed E-state index contributed by atoms with van der Waals surface area (Å²) in [6.45, 7) is 11.1. The van der Waals surface area contributed by atoms with Crippen molar-refractivity contribution in [2.75, 3.05) is 44.7 Å². The number of amides is 2. The second-order valence-corrected chi connectivity index (χ2v) is 9.22. The van der Waals surface area contributed by atoms with Crippen molar-refractivity contribution in [3.05, 3.63) is 11.1 Å². The Morgan fingerprint density at radius 1 is 1.30 bits per heavy atom. The van der Waals surface area contributed by atoms with E-state index in [0.717, 1.165) is 57.9 Å². The van der Waals surface area contributed by atoms with Gasteiger partial charge in [0.25, 0.3) is 0 Å². The Balaban J connectivity index is 1.53. The van der Waals surface area contributed by atoms with Crippen LogP contribution in [0.1, 0.15) is 39.3 Å². The highest BCUT2D eigenvalue weighted by Crippen LogP contribution is 2.25. The Hall–Kier alpha value is -1.51. The average molecular weight is 395 g/mol. The molecule has 7 nitrogen and oxygen atoms in total. The first-order chi connectivity index (χ1) is 12.8. The molecule has 1 N–H and O–H groups in total. The van der Waals surface area contributed by atoms with Crippen LogP contribution in [0, 0.1) is 11.3 Å². The van der Waals surface area contributed by atoms with Crippen LogP contribution in [-0.4, -0.2) is 66.0 Å². The first-order valence-corrected chi connectivity index (χ1v) is 10.6. The number of likely N-dealkylation sites (tertiary alicyclic amines) is 1. The van der Waals surface area contributed by atoms with Crippen LogP contribution in [0.2, 0.25) is 0 Å². The highest BCUT2D eigenvalue weighted by atomic mass is 32.1. The van der Waals surface area contributed by atoms with E-state index in [0.29, 0.717) is 11.7 Å². The Bertz CT molecular complexity index is 664. The van der Waals surface area contributed by atoms with E-state index < -0.39 is 5.41 Å². The number of anilines is 1. The summed E-state index contributed by atoms with van der Waals surface area (Å²) in [7, 11) is 0. The van der Waals surface area contributed by atoms with Gasteiger partial charge in [-0.2, -0.15) is 0 Å². The summed E-state index contributed by atoms with van der Waals surface area (Å²) in [5, 5.41) is 5.60. The van der Waals surface area contributed by atoms with Gasteiger partial charge in [0.15, 0.2) is 5.13 Å².